The first-order valence-corrected chi connectivity index (χ1v) is 6.94. The van der Waals surface area contributed by atoms with Crippen LogP contribution in [0.25, 0.3) is 0 Å². The molecule has 104 valence electrons. The van der Waals surface area contributed by atoms with E-state index in [0.29, 0.717) is 18.8 Å². The number of pyridine rings is 1. The van der Waals surface area contributed by atoms with Gasteiger partial charge in [-0.05, 0) is 37.0 Å². The quantitative estimate of drug-likeness (QED) is 0.864. The Morgan fingerprint density at radius 2 is 2.10 bits per heavy atom. The fraction of sp³-hybridized carbons (Fsp3) is 0.312. The molecule has 0 amide bonds. The van der Waals surface area contributed by atoms with Crippen molar-refractivity contribution in [2.75, 3.05) is 12.3 Å². The van der Waals surface area contributed by atoms with Crippen molar-refractivity contribution >= 4 is 5.69 Å². The van der Waals surface area contributed by atoms with Crippen LogP contribution in [0.5, 0.6) is 5.75 Å². The van der Waals surface area contributed by atoms with Gasteiger partial charge in [0.25, 0.3) is 5.56 Å². The molecule has 0 aliphatic heterocycles. The molecule has 0 saturated carbocycles. The van der Waals surface area contributed by atoms with Gasteiger partial charge in [-0.15, -0.1) is 0 Å². The number of nitrogens with zero attached hydrogens (tertiary/aromatic N) is 1. The summed E-state index contributed by atoms with van der Waals surface area (Å²) >= 11 is 0. The van der Waals surface area contributed by atoms with Gasteiger partial charge in [-0.3, -0.25) is 4.79 Å². The zero-order valence-electron chi connectivity index (χ0n) is 11.3. The Balaban J connectivity index is 1.70. The minimum atomic E-state index is 0.0572. The number of ether oxygens (including phenoxy) is 1. The Bertz CT molecular complexity index is 676. The lowest BCUT2D eigenvalue weighted by atomic mass is 10.2. The number of nitrogens with two attached hydrogens (primary N) is 1. The van der Waals surface area contributed by atoms with Gasteiger partial charge in [-0.1, -0.05) is 12.1 Å². The van der Waals surface area contributed by atoms with Gasteiger partial charge in [0.15, 0.2) is 0 Å². The molecule has 1 aromatic heterocycles. The van der Waals surface area contributed by atoms with Crippen molar-refractivity contribution in [2.24, 2.45) is 0 Å². The van der Waals surface area contributed by atoms with Gasteiger partial charge >= 0.3 is 0 Å². The fourth-order valence-corrected chi connectivity index (χ4v) is 2.74. The van der Waals surface area contributed by atoms with Crippen LogP contribution in [0.1, 0.15) is 17.7 Å². The Kier molecular flexibility index (Phi) is 3.46. The molecular weight excluding hydrogens is 252 g/mol. The van der Waals surface area contributed by atoms with Crippen LogP contribution < -0.4 is 16.0 Å². The molecule has 0 bridgehead atoms. The number of hydrogen-bond acceptors (Lipinski definition) is 3. The van der Waals surface area contributed by atoms with Crippen molar-refractivity contribution in [3.8, 4) is 5.75 Å². The molecule has 0 saturated heterocycles. The van der Waals surface area contributed by atoms with E-state index < -0.39 is 0 Å². The van der Waals surface area contributed by atoms with Gasteiger partial charge in [0.1, 0.15) is 12.4 Å². The predicted molar refractivity (Wildman–Crippen MR) is 79.1 cm³/mol. The first-order valence-electron chi connectivity index (χ1n) is 6.94. The highest BCUT2D eigenvalue weighted by Crippen LogP contribution is 2.20. The lowest BCUT2D eigenvalue weighted by Gasteiger charge is -2.12. The van der Waals surface area contributed by atoms with E-state index in [9.17, 15) is 4.79 Å². The van der Waals surface area contributed by atoms with Gasteiger partial charge < -0.3 is 15.0 Å². The van der Waals surface area contributed by atoms with Crippen molar-refractivity contribution in [1.29, 1.82) is 0 Å². The molecule has 4 heteroatoms. The highest BCUT2D eigenvalue weighted by molar-refractivity contribution is 5.43. The highest BCUT2D eigenvalue weighted by atomic mass is 16.5. The molecule has 2 aromatic rings. The highest BCUT2D eigenvalue weighted by Gasteiger charge is 2.15. The molecule has 2 N–H and O–H groups in total. The number of anilines is 1. The number of hydrogen-bond donors (Lipinski definition) is 1. The van der Waals surface area contributed by atoms with Crippen molar-refractivity contribution < 1.29 is 4.74 Å². The summed E-state index contributed by atoms with van der Waals surface area (Å²) in [6.07, 6.45) is 3.20. The van der Waals surface area contributed by atoms with Crippen LogP contribution in [-0.2, 0) is 19.4 Å². The molecule has 0 atom stereocenters. The Morgan fingerprint density at radius 3 is 2.95 bits per heavy atom. The van der Waals surface area contributed by atoms with Crippen LogP contribution in [0.4, 0.5) is 5.69 Å². The maximum atomic E-state index is 12.0. The zero-order chi connectivity index (χ0) is 13.9. The summed E-state index contributed by atoms with van der Waals surface area (Å²) < 4.78 is 7.51. The summed E-state index contributed by atoms with van der Waals surface area (Å²) in [4.78, 5) is 12.0. The summed E-state index contributed by atoms with van der Waals surface area (Å²) in [6, 6.07) is 11.0. The van der Waals surface area contributed by atoms with E-state index in [1.165, 1.54) is 11.3 Å². The SMILES string of the molecule is Nc1cccc(OCCn2c3c(ccc2=O)CCC3)c1. The molecular formula is C16H18N2O2. The minimum Gasteiger partial charge on any atom is -0.492 e. The van der Waals surface area contributed by atoms with E-state index >= 15 is 0 Å². The third-order valence-electron chi connectivity index (χ3n) is 3.69. The van der Waals surface area contributed by atoms with Gasteiger partial charge in [-0.2, -0.15) is 0 Å². The molecule has 1 aliphatic carbocycles. The summed E-state index contributed by atoms with van der Waals surface area (Å²) in [6.45, 7) is 1.05. The zero-order valence-corrected chi connectivity index (χ0v) is 11.3. The summed E-state index contributed by atoms with van der Waals surface area (Å²) in [5.74, 6) is 0.741. The average molecular weight is 270 g/mol. The topological polar surface area (TPSA) is 57.2 Å². The van der Waals surface area contributed by atoms with Crippen LogP contribution in [0.15, 0.2) is 41.2 Å². The van der Waals surface area contributed by atoms with Crippen molar-refractivity contribution in [3.05, 3.63) is 58.0 Å². The van der Waals surface area contributed by atoms with Crippen molar-refractivity contribution in [3.63, 3.8) is 0 Å². The number of aryl methyl sites for hydroxylation is 1. The van der Waals surface area contributed by atoms with Gasteiger partial charge in [0, 0.05) is 23.5 Å². The lowest BCUT2D eigenvalue weighted by molar-refractivity contribution is 0.294. The second-order valence-electron chi connectivity index (χ2n) is 5.07. The Labute approximate surface area is 117 Å². The number of rotatable bonds is 4. The van der Waals surface area contributed by atoms with E-state index in [1.807, 2.05) is 28.8 Å². The molecule has 0 unspecified atom stereocenters. The number of aromatic nitrogens is 1. The standard InChI is InChI=1S/C16H18N2O2/c17-13-4-2-5-14(11-13)20-10-9-18-15-6-1-3-12(15)7-8-16(18)19/h2,4-5,7-8,11H,1,3,6,9-10,17H2. The molecule has 0 fully saturated rings. The first kappa shape index (κ1) is 12.8. The Morgan fingerprint density at radius 1 is 1.20 bits per heavy atom. The second kappa shape index (κ2) is 5.41. The van der Waals surface area contributed by atoms with Crippen LogP contribution in [0.2, 0.25) is 0 Å². The van der Waals surface area contributed by atoms with Gasteiger partial charge in [-0.25, -0.2) is 0 Å². The lowest BCUT2D eigenvalue weighted by Crippen LogP contribution is -2.25. The fourth-order valence-electron chi connectivity index (χ4n) is 2.74. The first-order chi connectivity index (χ1) is 9.74. The van der Waals surface area contributed by atoms with E-state index in [2.05, 4.69) is 0 Å². The van der Waals surface area contributed by atoms with E-state index in [0.717, 1.165) is 25.0 Å². The van der Waals surface area contributed by atoms with E-state index in [1.54, 1.807) is 12.1 Å². The van der Waals surface area contributed by atoms with Crippen LogP contribution >= 0.6 is 0 Å². The van der Waals surface area contributed by atoms with Crippen molar-refractivity contribution in [1.82, 2.24) is 4.57 Å². The van der Waals surface area contributed by atoms with Gasteiger partial charge in [0.05, 0.1) is 6.54 Å². The maximum Gasteiger partial charge on any atom is 0.250 e. The molecule has 0 spiro atoms. The summed E-state index contributed by atoms with van der Waals surface area (Å²) in [5, 5.41) is 0. The largest absolute Gasteiger partial charge is 0.492 e. The molecule has 4 nitrogen and oxygen atoms in total. The number of fused-ring (bicyclic) bond motifs is 1. The number of nitrogen functional groups attached to an aromatic ring is 1. The van der Waals surface area contributed by atoms with E-state index in [-0.39, 0.29) is 5.56 Å². The predicted octanol–water partition coefficient (Wildman–Crippen LogP) is 2.00. The smallest absolute Gasteiger partial charge is 0.250 e. The van der Waals surface area contributed by atoms with Crippen LogP contribution in [0, 0.1) is 0 Å². The van der Waals surface area contributed by atoms with E-state index in [4.69, 9.17) is 10.5 Å². The Hall–Kier alpha value is -2.23. The van der Waals surface area contributed by atoms with Gasteiger partial charge in [0.2, 0.25) is 0 Å². The van der Waals surface area contributed by atoms with Crippen molar-refractivity contribution in [2.45, 2.75) is 25.8 Å². The molecule has 3 rings (SSSR count). The molecule has 0 radical (unpaired) electrons. The second-order valence-corrected chi connectivity index (χ2v) is 5.07. The molecule has 1 aliphatic rings. The molecule has 20 heavy (non-hydrogen) atoms. The third-order valence-corrected chi connectivity index (χ3v) is 3.69. The molecule has 1 aromatic carbocycles. The van der Waals surface area contributed by atoms with Crippen LogP contribution in [0.3, 0.4) is 0 Å². The summed E-state index contributed by atoms with van der Waals surface area (Å²) in [7, 11) is 0. The third kappa shape index (κ3) is 2.54. The normalized spacial score (nSPS) is 13.2. The number of benzene rings is 1. The molecule has 1 heterocycles. The summed E-state index contributed by atoms with van der Waals surface area (Å²) in [5.41, 5.74) is 8.92. The average Bonchev–Trinajstić information content (AvgIpc) is 2.90. The van der Waals surface area contributed by atoms with Crippen LogP contribution in [-0.4, -0.2) is 11.2 Å². The monoisotopic (exact) mass is 270 g/mol. The minimum absolute atomic E-state index is 0.0572. The maximum absolute atomic E-state index is 12.0.